The molecule has 0 aromatic heterocycles. The highest BCUT2D eigenvalue weighted by Crippen LogP contribution is 2.33. The van der Waals surface area contributed by atoms with Crippen molar-refractivity contribution >= 4 is 0 Å². The van der Waals surface area contributed by atoms with E-state index in [2.05, 4.69) is 12.2 Å². The van der Waals surface area contributed by atoms with Gasteiger partial charge in [0.25, 0.3) is 0 Å². The molecule has 0 radical (unpaired) electrons. The molecule has 2 aliphatic rings. The average molecular weight is 253 g/mol. The van der Waals surface area contributed by atoms with Gasteiger partial charge in [0, 0.05) is 12.6 Å². The second-order valence-electron chi connectivity index (χ2n) is 6.29. The Morgan fingerprint density at radius 3 is 2.39 bits per heavy atom. The van der Waals surface area contributed by atoms with Gasteiger partial charge in [-0.2, -0.15) is 0 Å². The molecule has 0 aromatic rings. The van der Waals surface area contributed by atoms with Crippen LogP contribution in [0.1, 0.15) is 64.7 Å². The van der Waals surface area contributed by atoms with E-state index in [9.17, 15) is 0 Å². The van der Waals surface area contributed by atoms with Crippen LogP contribution < -0.4 is 5.32 Å². The third kappa shape index (κ3) is 5.27. The number of rotatable bonds is 8. The SMILES string of the molecule is CCCNC(COCC1CCCCCC1)C1CC1. The Hall–Kier alpha value is -0.0800. The fraction of sp³-hybridized carbons (Fsp3) is 1.00. The Morgan fingerprint density at radius 2 is 1.78 bits per heavy atom. The third-order valence-electron chi connectivity index (χ3n) is 4.47. The molecule has 2 saturated carbocycles. The Kier molecular flexibility index (Phi) is 6.50. The van der Waals surface area contributed by atoms with Crippen LogP contribution in [0.4, 0.5) is 0 Å². The molecule has 0 aliphatic heterocycles. The molecule has 18 heavy (non-hydrogen) atoms. The molecule has 2 rings (SSSR count). The van der Waals surface area contributed by atoms with Crippen molar-refractivity contribution in [3.05, 3.63) is 0 Å². The summed E-state index contributed by atoms with van der Waals surface area (Å²) in [7, 11) is 0. The summed E-state index contributed by atoms with van der Waals surface area (Å²) in [4.78, 5) is 0. The van der Waals surface area contributed by atoms with Gasteiger partial charge in [-0.1, -0.05) is 32.6 Å². The molecule has 2 nitrogen and oxygen atoms in total. The molecule has 106 valence electrons. The molecule has 0 bridgehead atoms. The lowest BCUT2D eigenvalue weighted by molar-refractivity contribution is 0.0722. The molecule has 2 aliphatic carbocycles. The van der Waals surface area contributed by atoms with Crippen molar-refractivity contribution in [2.75, 3.05) is 19.8 Å². The largest absolute Gasteiger partial charge is 0.380 e. The lowest BCUT2D eigenvalue weighted by atomic mass is 10.0. The maximum atomic E-state index is 6.03. The summed E-state index contributed by atoms with van der Waals surface area (Å²) in [6.45, 7) is 5.34. The Labute approximate surface area is 113 Å². The molecular weight excluding hydrogens is 222 g/mol. The molecule has 0 spiro atoms. The first-order chi connectivity index (χ1) is 8.90. The van der Waals surface area contributed by atoms with Gasteiger partial charge in [0.15, 0.2) is 0 Å². The zero-order chi connectivity index (χ0) is 12.6. The number of hydrogen-bond donors (Lipinski definition) is 1. The van der Waals surface area contributed by atoms with Gasteiger partial charge < -0.3 is 10.1 Å². The van der Waals surface area contributed by atoms with E-state index in [1.165, 1.54) is 57.8 Å². The molecule has 0 aromatic carbocycles. The summed E-state index contributed by atoms with van der Waals surface area (Å²) < 4.78 is 6.03. The van der Waals surface area contributed by atoms with Crippen molar-refractivity contribution in [2.45, 2.75) is 70.8 Å². The van der Waals surface area contributed by atoms with Crippen molar-refractivity contribution < 1.29 is 4.74 Å². The van der Waals surface area contributed by atoms with Gasteiger partial charge in [-0.15, -0.1) is 0 Å². The predicted molar refractivity (Wildman–Crippen MR) is 76.8 cm³/mol. The first-order valence-corrected chi connectivity index (χ1v) is 8.21. The highest BCUT2D eigenvalue weighted by Gasteiger charge is 2.30. The van der Waals surface area contributed by atoms with Gasteiger partial charge in [0.2, 0.25) is 0 Å². The summed E-state index contributed by atoms with van der Waals surface area (Å²) >= 11 is 0. The summed E-state index contributed by atoms with van der Waals surface area (Å²) in [6, 6.07) is 0.635. The highest BCUT2D eigenvalue weighted by molar-refractivity contribution is 4.86. The quantitative estimate of drug-likeness (QED) is 0.665. The first-order valence-electron chi connectivity index (χ1n) is 8.21. The van der Waals surface area contributed by atoms with Crippen LogP contribution in [0.3, 0.4) is 0 Å². The molecule has 0 heterocycles. The fourth-order valence-electron chi connectivity index (χ4n) is 3.08. The van der Waals surface area contributed by atoms with Gasteiger partial charge in [-0.05, 0) is 50.5 Å². The molecule has 1 N–H and O–H groups in total. The minimum Gasteiger partial charge on any atom is -0.380 e. The summed E-state index contributed by atoms with van der Waals surface area (Å²) in [5.41, 5.74) is 0. The van der Waals surface area contributed by atoms with Gasteiger partial charge in [0.1, 0.15) is 0 Å². The highest BCUT2D eigenvalue weighted by atomic mass is 16.5. The zero-order valence-corrected chi connectivity index (χ0v) is 12.1. The number of ether oxygens (including phenoxy) is 1. The van der Waals surface area contributed by atoms with Crippen molar-refractivity contribution in [1.29, 1.82) is 0 Å². The minimum absolute atomic E-state index is 0.635. The van der Waals surface area contributed by atoms with Crippen LogP contribution in [0.15, 0.2) is 0 Å². The normalized spacial score (nSPS) is 23.8. The zero-order valence-electron chi connectivity index (χ0n) is 12.1. The maximum Gasteiger partial charge on any atom is 0.0622 e. The second kappa shape index (κ2) is 8.16. The summed E-state index contributed by atoms with van der Waals surface area (Å²) in [5.74, 6) is 1.75. The molecule has 1 atom stereocenters. The van der Waals surface area contributed by atoms with Crippen molar-refractivity contribution in [1.82, 2.24) is 5.32 Å². The third-order valence-corrected chi connectivity index (χ3v) is 4.47. The molecule has 2 fully saturated rings. The van der Waals surface area contributed by atoms with E-state index in [-0.39, 0.29) is 0 Å². The lowest BCUT2D eigenvalue weighted by Gasteiger charge is -2.20. The predicted octanol–water partition coefficient (Wildman–Crippen LogP) is 3.75. The fourth-order valence-corrected chi connectivity index (χ4v) is 3.08. The van der Waals surface area contributed by atoms with Gasteiger partial charge >= 0.3 is 0 Å². The standard InChI is InChI=1S/C16H31NO/c1-2-11-17-16(15-9-10-15)13-18-12-14-7-5-3-4-6-8-14/h14-17H,2-13H2,1H3. The van der Waals surface area contributed by atoms with E-state index < -0.39 is 0 Å². The molecule has 0 amide bonds. The van der Waals surface area contributed by atoms with Crippen molar-refractivity contribution in [3.8, 4) is 0 Å². The van der Waals surface area contributed by atoms with Gasteiger partial charge in [0.05, 0.1) is 6.61 Å². The summed E-state index contributed by atoms with van der Waals surface area (Å²) in [5, 5.41) is 3.66. The monoisotopic (exact) mass is 253 g/mol. The van der Waals surface area contributed by atoms with E-state index in [0.717, 1.165) is 31.6 Å². The van der Waals surface area contributed by atoms with Crippen LogP contribution in [0, 0.1) is 11.8 Å². The van der Waals surface area contributed by atoms with E-state index in [1.54, 1.807) is 0 Å². The Balaban J connectivity index is 1.59. The van der Waals surface area contributed by atoms with E-state index >= 15 is 0 Å². The minimum atomic E-state index is 0.635. The topological polar surface area (TPSA) is 21.3 Å². The number of hydrogen-bond acceptors (Lipinski definition) is 2. The average Bonchev–Trinajstić information content (AvgIpc) is 3.20. The smallest absolute Gasteiger partial charge is 0.0622 e. The molecule has 2 heteroatoms. The van der Waals surface area contributed by atoms with Crippen LogP contribution in [0.25, 0.3) is 0 Å². The van der Waals surface area contributed by atoms with Gasteiger partial charge in [-0.3, -0.25) is 0 Å². The summed E-state index contributed by atoms with van der Waals surface area (Å²) in [6.07, 6.45) is 12.6. The Bertz CT molecular complexity index is 207. The second-order valence-corrected chi connectivity index (χ2v) is 6.29. The first kappa shape index (κ1) is 14.3. The van der Waals surface area contributed by atoms with Crippen molar-refractivity contribution in [2.24, 2.45) is 11.8 Å². The Morgan fingerprint density at radius 1 is 1.06 bits per heavy atom. The number of nitrogens with one attached hydrogen (secondary N) is 1. The van der Waals surface area contributed by atoms with Crippen LogP contribution in [0.5, 0.6) is 0 Å². The lowest BCUT2D eigenvalue weighted by Crippen LogP contribution is -2.36. The van der Waals surface area contributed by atoms with E-state index in [4.69, 9.17) is 4.74 Å². The van der Waals surface area contributed by atoms with Crippen LogP contribution in [-0.4, -0.2) is 25.8 Å². The van der Waals surface area contributed by atoms with Crippen LogP contribution in [-0.2, 0) is 4.74 Å². The molecular formula is C16H31NO. The maximum absolute atomic E-state index is 6.03. The van der Waals surface area contributed by atoms with Crippen LogP contribution >= 0.6 is 0 Å². The van der Waals surface area contributed by atoms with Gasteiger partial charge in [-0.25, -0.2) is 0 Å². The van der Waals surface area contributed by atoms with E-state index in [1.807, 2.05) is 0 Å². The van der Waals surface area contributed by atoms with Crippen LogP contribution in [0.2, 0.25) is 0 Å². The molecule has 0 saturated heterocycles. The molecule has 1 unspecified atom stereocenters. The van der Waals surface area contributed by atoms with E-state index in [0.29, 0.717) is 6.04 Å². The van der Waals surface area contributed by atoms with Crippen molar-refractivity contribution in [3.63, 3.8) is 0 Å².